The SMILES string of the molecule is O=C(O)c1ccc(CN2C(=O)/C(=C/c3cccc(-c4cc(C(F)(F)F)cc(C(F)(F)F)c4)n3)SC2=S)cc1O. The number of rotatable bonds is 5. The Kier molecular flexibility index (Phi) is 7.45. The van der Waals surface area contributed by atoms with Crippen LogP contribution >= 0.6 is 24.0 Å². The average Bonchev–Trinajstić information content (AvgIpc) is 3.10. The van der Waals surface area contributed by atoms with Crippen LogP contribution in [-0.4, -0.2) is 36.3 Å². The molecule has 0 radical (unpaired) electrons. The molecular weight excluding hydrogens is 570 g/mol. The first-order valence-corrected chi connectivity index (χ1v) is 11.9. The molecule has 0 atom stereocenters. The van der Waals surface area contributed by atoms with Crippen molar-refractivity contribution in [2.24, 2.45) is 0 Å². The Bertz CT molecular complexity index is 1500. The van der Waals surface area contributed by atoms with E-state index in [1.807, 2.05) is 0 Å². The maximum atomic E-state index is 13.3. The Labute approximate surface area is 225 Å². The lowest BCUT2D eigenvalue weighted by Gasteiger charge is -2.15. The number of aromatic carboxylic acids is 1. The van der Waals surface area contributed by atoms with Crippen LogP contribution in [0.5, 0.6) is 5.75 Å². The molecule has 2 aromatic carbocycles. The summed E-state index contributed by atoms with van der Waals surface area (Å²) in [5.41, 5.74) is -3.40. The third kappa shape index (κ3) is 6.23. The van der Waals surface area contributed by atoms with Gasteiger partial charge in [0.2, 0.25) is 0 Å². The minimum atomic E-state index is -5.02. The highest BCUT2D eigenvalue weighted by molar-refractivity contribution is 8.26. The number of aromatic hydroxyl groups is 1. The average molecular weight is 585 g/mol. The Morgan fingerprint density at radius 2 is 1.64 bits per heavy atom. The lowest BCUT2D eigenvalue weighted by molar-refractivity contribution is -0.143. The summed E-state index contributed by atoms with van der Waals surface area (Å²) < 4.78 is 79.7. The van der Waals surface area contributed by atoms with E-state index in [9.17, 15) is 41.0 Å². The quantitative estimate of drug-likeness (QED) is 0.199. The van der Waals surface area contributed by atoms with E-state index in [-0.39, 0.29) is 38.8 Å². The summed E-state index contributed by atoms with van der Waals surface area (Å²) in [6, 6.07) is 8.93. The molecule has 0 unspecified atom stereocenters. The van der Waals surface area contributed by atoms with Gasteiger partial charge in [-0.3, -0.25) is 9.69 Å². The number of halogens is 6. The number of hydrogen-bond acceptors (Lipinski definition) is 6. The van der Waals surface area contributed by atoms with Crippen molar-refractivity contribution in [1.82, 2.24) is 9.88 Å². The lowest BCUT2D eigenvalue weighted by atomic mass is 10.0. The summed E-state index contributed by atoms with van der Waals surface area (Å²) in [5, 5.41) is 18.9. The predicted octanol–water partition coefficient (Wildman–Crippen LogP) is 6.59. The van der Waals surface area contributed by atoms with Crippen LogP contribution in [0.25, 0.3) is 17.3 Å². The van der Waals surface area contributed by atoms with Crippen molar-refractivity contribution in [1.29, 1.82) is 0 Å². The number of aromatic nitrogens is 1. The highest BCUT2D eigenvalue weighted by Gasteiger charge is 2.37. The fourth-order valence-corrected chi connectivity index (χ4v) is 4.84. The van der Waals surface area contributed by atoms with Crippen molar-refractivity contribution in [3.8, 4) is 17.0 Å². The van der Waals surface area contributed by atoms with Gasteiger partial charge in [0.1, 0.15) is 15.6 Å². The zero-order valence-corrected chi connectivity index (χ0v) is 20.8. The van der Waals surface area contributed by atoms with Crippen LogP contribution in [0.4, 0.5) is 26.3 Å². The molecule has 39 heavy (non-hydrogen) atoms. The Hall–Kier alpha value is -3.91. The summed E-state index contributed by atoms with van der Waals surface area (Å²) >= 11 is 6.14. The summed E-state index contributed by atoms with van der Waals surface area (Å²) in [5.74, 6) is -2.38. The minimum absolute atomic E-state index is 0.0215. The highest BCUT2D eigenvalue weighted by Crippen LogP contribution is 2.39. The Balaban J connectivity index is 1.63. The lowest BCUT2D eigenvalue weighted by Crippen LogP contribution is -2.27. The monoisotopic (exact) mass is 584 g/mol. The summed E-state index contributed by atoms with van der Waals surface area (Å²) in [6.45, 7) is -0.0899. The number of amides is 1. The van der Waals surface area contributed by atoms with Crippen LogP contribution in [0.3, 0.4) is 0 Å². The predicted molar refractivity (Wildman–Crippen MR) is 133 cm³/mol. The van der Waals surface area contributed by atoms with Crippen molar-refractivity contribution in [3.05, 3.63) is 87.5 Å². The number of nitrogens with zero attached hydrogens (tertiary/aromatic N) is 2. The number of carboxylic acid groups (broad SMARTS) is 1. The number of alkyl halides is 6. The van der Waals surface area contributed by atoms with Crippen LogP contribution in [0.2, 0.25) is 0 Å². The summed E-state index contributed by atoms with van der Waals surface area (Å²) in [7, 11) is 0. The van der Waals surface area contributed by atoms with E-state index >= 15 is 0 Å². The molecule has 1 saturated heterocycles. The molecule has 3 aromatic rings. The first kappa shape index (κ1) is 28.1. The molecule has 2 N–H and O–H groups in total. The third-order valence-corrected chi connectivity index (χ3v) is 6.82. The number of thioether (sulfide) groups is 1. The second kappa shape index (κ2) is 10.3. The second-order valence-electron chi connectivity index (χ2n) is 8.17. The van der Waals surface area contributed by atoms with Crippen LogP contribution in [0.1, 0.15) is 32.7 Å². The topological polar surface area (TPSA) is 90.7 Å². The number of carbonyl (C=O) groups excluding carboxylic acids is 1. The maximum absolute atomic E-state index is 13.3. The van der Waals surface area contributed by atoms with Crippen molar-refractivity contribution < 1.29 is 46.1 Å². The van der Waals surface area contributed by atoms with Gasteiger partial charge in [-0.15, -0.1) is 0 Å². The first-order chi connectivity index (χ1) is 18.1. The molecule has 6 nitrogen and oxygen atoms in total. The molecular formula is C25H14F6N2O4S2. The van der Waals surface area contributed by atoms with E-state index in [2.05, 4.69) is 4.98 Å². The standard InChI is InChI=1S/C25H14F6N2O4S2/c26-24(27,28)14-7-13(8-15(9-14)25(29,30)31)18-3-1-2-16(32-18)10-20-21(35)33(23(38)39-20)11-12-4-5-17(22(36)37)19(34)6-12/h1-10,34H,11H2,(H,36,37)/b20-10-. The Morgan fingerprint density at radius 3 is 2.21 bits per heavy atom. The van der Waals surface area contributed by atoms with Crippen LogP contribution in [0, 0.1) is 0 Å². The number of phenols is 1. The number of hydrogen-bond donors (Lipinski definition) is 2. The molecule has 0 spiro atoms. The van der Waals surface area contributed by atoms with E-state index in [1.54, 1.807) is 0 Å². The first-order valence-electron chi connectivity index (χ1n) is 10.7. The summed E-state index contributed by atoms with van der Waals surface area (Å²) in [4.78, 5) is 29.4. The van der Waals surface area contributed by atoms with Gasteiger partial charge in [-0.2, -0.15) is 26.3 Å². The maximum Gasteiger partial charge on any atom is 0.416 e. The van der Waals surface area contributed by atoms with E-state index in [1.165, 1.54) is 47.4 Å². The number of benzene rings is 2. The van der Waals surface area contributed by atoms with Gasteiger partial charge in [-0.05, 0) is 54.1 Å². The normalized spacial score (nSPS) is 15.3. The van der Waals surface area contributed by atoms with Gasteiger partial charge >= 0.3 is 18.3 Å². The molecule has 0 saturated carbocycles. The molecule has 202 valence electrons. The van der Waals surface area contributed by atoms with Gasteiger partial charge in [0, 0.05) is 5.56 Å². The number of thiocarbonyl (C=S) groups is 1. The molecule has 2 heterocycles. The van der Waals surface area contributed by atoms with Crippen molar-refractivity contribution in [2.45, 2.75) is 18.9 Å². The largest absolute Gasteiger partial charge is 0.507 e. The molecule has 4 rings (SSSR count). The molecule has 1 aliphatic rings. The van der Waals surface area contributed by atoms with E-state index < -0.39 is 46.7 Å². The van der Waals surface area contributed by atoms with Crippen LogP contribution in [-0.2, 0) is 23.7 Å². The zero-order chi connectivity index (χ0) is 28.7. The summed E-state index contributed by atoms with van der Waals surface area (Å²) in [6.07, 6.45) is -8.75. The van der Waals surface area contributed by atoms with Crippen LogP contribution in [0.15, 0.2) is 59.5 Å². The van der Waals surface area contributed by atoms with Crippen molar-refractivity contribution in [3.63, 3.8) is 0 Å². The van der Waals surface area contributed by atoms with Crippen LogP contribution < -0.4 is 0 Å². The second-order valence-corrected chi connectivity index (χ2v) is 9.84. The molecule has 1 aliphatic heterocycles. The number of pyridine rings is 1. The smallest absolute Gasteiger partial charge is 0.416 e. The molecule has 1 amide bonds. The Morgan fingerprint density at radius 1 is 1.00 bits per heavy atom. The van der Waals surface area contributed by atoms with E-state index in [0.717, 1.165) is 11.8 Å². The molecule has 0 bridgehead atoms. The zero-order valence-electron chi connectivity index (χ0n) is 19.2. The van der Waals surface area contributed by atoms with Gasteiger partial charge in [0.05, 0.1) is 34.0 Å². The molecule has 14 heteroatoms. The van der Waals surface area contributed by atoms with E-state index in [0.29, 0.717) is 17.7 Å². The van der Waals surface area contributed by atoms with Gasteiger partial charge in [0.15, 0.2) is 0 Å². The molecule has 0 aliphatic carbocycles. The fourth-order valence-electron chi connectivity index (χ4n) is 3.61. The number of carbonyl (C=O) groups is 2. The third-order valence-electron chi connectivity index (χ3n) is 5.44. The molecule has 1 aromatic heterocycles. The highest BCUT2D eigenvalue weighted by atomic mass is 32.2. The van der Waals surface area contributed by atoms with Gasteiger partial charge in [0.25, 0.3) is 5.91 Å². The molecule has 1 fully saturated rings. The van der Waals surface area contributed by atoms with Gasteiger partial charge in [-0.1, -0.05) is 36.1 Å². The van der Waals surface area contributed by atoms with Gasteiger partial charge < -0.3 is 10.2 Å². The number of carboxylic acids is 1. The fraction of sp³-hybridized carbons (Fsp3) is 0.120. The van der Waals surface area contributed by atoms with Crippen molar-refractivity contribution in [2.75, 3.05) is 0 Å². The minimum Gasteiger partial charge on any atom is -0.507 e. The van der Waals surface area contributed by atoms with Gasteiger partial charge in [-0.25, -0.2) is 9.78 Å². The van der Waals surface area contributed by atoms with Crippen molar-refractivity contribution >= 4 is 46.3 Å². The van der Waals surface area contributed by atoms with E-state index in [4.69, 9.17) is 17.3 Å².